The zero-order valence-corrected chi connectivity index (χ0v) is 3.51. The predicted octanol–water partition coefficient (Wildman–Crippen LogP) is -0.00724. The molecule has 0 saturated heterocycles. The molecule has 34 valence electrons. The average Bonchev–Trinajstić information content (AvgIpc) is 1.68. The summed E-state index contributed by atoms with van der Waals surface area (Å²) >= 11 is 0. The first-order valence-corrected chi connectivity index (χ1v) is 1.61. The summed E-state index contributed by atoms with van der Waals surface area (Å²) in [5, 5.41) is 15.5. The van der Waals surface area contributed by atoms with Crippen molar-refractivity contribution in [2.45, 2.75) is 6.42 Å². The van der Waals surface area contributed by atoms with Gasteiger partial charge in [0, 0.05) is 0 Å². The molecule has 0 aromatic carbocycles. The molecular weight excluding hydrogens is 92.1 g/mol. The van der Waals surface area contributed by atoms with Gasteiger partial charge in [-0.1, -0.05) is 0 Å². The van der Waals surface area contributed by atoms with Crippen LogP contribution in [0, 0.1) is 22.7 Å². The molecule has 0 fully saturated rings. The molecule has 0 aliphatic heterocycles. The van der Waals surface area contributed by atoms with Gasteiger partial charge in [0.05, 0.1) is 6.07 Å². The lowest BCUT2D eigenvalue weighted by atomic mass is 10.3. The van der Waals surface area contributed by atoms with E-state index >= 15 is 0 Å². The van der Waals surface area contributed by atoms with E-state index in [0.29, 0.717) is 0 Å². The summed E-state index contributed by atoms with van der Waals surface area (Å²) in [6.45, 7) is 0. The van der Waals surface area contributed by atoms with Gasteiger partial charge < -0.3 is 0 Å². The van der Waals surface area contributed by atoms with Crippen LogP contribution < -0.4 is 0 Å². The van der Waals surface area contributed by atoms with Crippen molar-refractivity contribution in [3.63, 3.8) is 0 Å². The first-order valence-electron chi connectivity index (χ1n) is 1.61. The Labute approximate surface area is 40.8 Å². The van der Waals surface area contributed by atoms with Gasteiger partial charge in [-0.2, -0.15) is 10.5 Å². The molecule has 7 heavy (non-hydrogen) atoms. The highest BCUT2D eigenvalue weighted by molar-refractivity contribution is 5.94. The standard InChI is InChI=1S/C4H2N2O/c5-2-1-4(7)3-6/h1H2. The fraction of sp³-hybridized carbons (Fsp3) is 0.250. The molecule has 0 saturated carbocycles. The number of carbonyl (C=O) groups excluding carboxylic acids is 1. The van der Waals surface area contributed by atoms with Crippen molar-refractivity contribution in [3.8, 4) is 12.1 Å². The highest BCUT2D eigenvalue weighted by Gasteiger charge is 1.92. The fourth-order valence-corrected chi connectivity index (χ4v) is 0.111. The lowest BCUT2D eigenvalue weighted by Crippen LogP contribution is -1.87. The molecule has 0 unspecified atom stereocenters. The molecule has 0 bridgehead atoms. The van der Waals surface area contributed by atoms with Crippen LogP contribution in [0.25, 0.3) is 0 Å². The topological polar surface area (TPSA) is 64.7 Å². The van der Waals surface area contributed by atoms with Gasteiger partial charge in [-0.25, -0.2) is 0 Å². The molecule has 0 heterocycles. The number of nitriles is 2. The molecule has 0 radical (unpaired) electrons. The van der Waals surface area contributed by atoms with Crippen molar-refractivity contribution in [2.24, 2.45) is 0 Å². The molecule has 0 aliphatic carbocycles. The van der Waals surface area contributed by atoms with Gasteiger partial charge in [0.2, 0.25) is 5.78 Å². The second-order valence-corrected chi connectivity index (χ2v) is 0.870. The largest absolute Gasteiger partial charge is 0.281 e. The molecule has 3 nitrogen and oxygen atoms in total. The molecule has 0 aromatic rings. The van der Waals surface area contributed by atoms with Crippen molar-refractivity contribution in [1.82, 2.24) is 0 Å². The summed E-state index contributed by atoms with van der Waals surface area (Å²) in [4.78, 5) is 9.83. The van der Waals surface area contributed by atoms with Crippen molar-refractivity contribution in [3.05, 3.63) is 0 Å². The van der Waals surface area contributed by atoms with Crippen LogP contribution in [0.2, 0.25) is 0 Å². The SMILES string of the molecule is N#CCC(=O)C#N. The van der Waals surface area contributed by atoms with E-state index in [1.54, 1.807) is 6.07 Å². The highest BCUT2D eigenvalue weighted by Crippen LogP contribution is 1.73. The van der Waals surface area contributed by atoms with Gasteiger partial charge in [-0.3, -0.25) is 4.79 Å². The monoisotopic (exact) mass is 94.0 g/mol. The lowest BCUT2D eigenvalue weighted by Gasteiger charge is -1.66. The van der Waals surface area contributed by atoms with Gasteiger partial charge in [-0.05, 0) is 0 Å². The maximum Gasteiger partial charge on any atom is 0.245 e. The number of nitrogens with zero attached hydrogens (tertiary/aromatic N) is 2. The Morgan fingerprint density at radius 1 is 1.57 bits per heavy atom. The molecule has 0 aliphatic rings. The first-order chi connectivity index (χ1) is 3.31. The molecule has 0 N–H and O–H groups in total. The van der Waals surface area contributed by atoms with Gasteiger partial charge in [0.1, 0.15) is 12.5 Å². The van der Waals surface area contributed by atoms with Crippen molar-refractivity contribution < 1.29 is 4.79 Å². The van der Waals surface area contributed by atoms with E-state index in [2.05, 4.69) is 0 Å². The van der Waals surface area contributed by atoms with E-state index < -0.39 is 5.78 Å². The summed E-state index contributed by atoms with van der Waals surface area (Å²) in [6, 6.07) is 2.85. The van der Waals surface area contributed by atoms with E-state index in [1.807, 2.05) is 0 Å². The van der Waals surface area contributed by atoms with Gasteiger partial charge in [-0.15, -0.1) is 0 Å². The minimum atomic E-state index is -0.678. The maximum absolute atomic E-state index is 9.83. The number of rotatable bonds is 1. The molecule has 0 spiro atoms. The lowest BCUT2D eigenvalue weighted by molar-refractivity contribution is -0.113. The Morgan fingerprint density at radius 3 is 2.29 bits per heavy atom. The minimum absolute atomic E-state index is 0.295. The van der Waals surface area contributed by atoms with E-state index in [0.717, 1.165) is 0 Å². The second kappa shape index (κ2) is 2.87. The molecule has 0 rings (SSSR count). The van der Waals surface area contributed by atoms with E-state index in [4.69, 9.17) is 10.5 Å². The van der Waals surface area contributed by atoms with Crippen LogP contribution in [0.15, 0.2) is 0 Å². The Morgan fingerprint density at radius 2 is 2.14 bits per heavy atom. The van der Waals surface area contributed by atoms with E-state index in [1.165, 1.54) is 6.07 Å². The van der Waals surface area contributed by atoms with Crippen LogP contribution in [0.3, 0.4) is 0 Å². The van der Waals surface area contributed by atoms with Crippen LogP contribution in [0.4, 0.5) is 0 Å². The van der Waals surface area contributed by atoms with Crippen LogP contribution >= 0.6 is 0 Å². The molecule has 0 aromatic heterocycles. The molecular formula is C4H2N2O. The third-order valence-corrected chi connectivity index (χ3v) is 0.364. The number of ketones is 1. The molecule has 0 amide bonds. The Hall–Kier alpha value is -1.35. The van der Waals surface area contributed by atoms with Crippen LogP contribution in [0.1, 0.15) is 6.42 Å². The first kappa shape index (κ1) is 5.65. The smallest absolute Gasteiger partial charge is 0.245 e. The maximum atomic E-state index is 9.83. The average molecular weight is 94.1 g/mol. The van der Waals surface area contributed by atoms with Crippen molar-refractivity contribution >= 4 is 5.78 Å². The zero-order valence-electron chi connectivity index (χ0n) is 3.51. The highest BCUT2D eigenvalue weighted by atomic mass is 16.1. The van der Waals surface area contributed by atoms with Crippen molar-refractivity contribution in [1.29, 1.82) is 10.5 Å². The normalized spacial score (nSPS) is 6.00. The zero-order chi connectivity index (χ0) is 5.70. The van der Waals surface area contributed by atoms with Crippen molar-refractivity contribution in [2.75, 3.05) is 0 Å². The Bertz CT molecular complexity index is 148. The summed E-state index contributed by atoms with van der Waals surface area (Å²) in [6.07, 6.45) is -0.295. The van der Waals surface area contributed by atoms with Gasteiger partial charge >= 0.3 is 0 Å². The predicted molar refractivity (Wildman–Crippen MR) is 20.8 cm³/mol. The van der Waals surface area contributed by atoms with E-state index in [-0.39, 0.29) is 6.42 Å². The molecule has 0 atom stereocenters. The summed E-state index contributed by atoms with van der Waals surface area (Å²) < 4.78 is 0. The number of hydrogen-bond acceptors (Lipinski definition) is 3. The fourth-order valence-electron chi connectivity index (χ4n) is 0.111. The van der Waals surface area contributed by atoms with Gasteiger partial charge in [0.15, 0.2) is 0 Å². The third kappa shape index (κ3) is 2.45. The van der Waals surface area contributed by atoms with E-state index in [9.17, 15) is 4.79 Å². The Kier molecular flexibility index (Phi) is 2.31. The summed E-state index contributed by atoms with van der Waals surface area (Å²) in [5.41, 5.74) is 0. The van der Waals surface area contributed by atoms with Crippen LogP contribution in [-0.4, -0.2) is 5.78 Å². The Balaban J connectivity index is 3.50. The van der Waals surface area contributed by atoms with Crippen LogP contribution in [0.5, 0.6) is 0 Å². The minimum Gasteiger partial charge on any atom is -0.281 e. The number of Topliss-reactive ketones (excluding diaryl/α,β-unsaturated/α-hetero) is 1. The third-order valence-electron chi connectivity index (χ3n) is 0.364. The molecule has 3 heteroatoms. The number of carbonyl (C=O) groups is 1. The van der Waals surface area contributed by atoms with Gasteiger partial charge in [0.25, 0.3) is 0 Å². The van der Waals surface area contributed by atoms with Crippen LogP contribution in [-0.2, 0) is 4.79 Å². The summed E-state index contributed by atoms with van der Waals surface area (Å²) in [5.74, 6) is -0.678. The summed E-state index contributed by atoms with van der Waals surface area (Å²) in [7, 11) is 0. The second-order valence-electron chi connectivity index (χ2n) is 0.870. The number of hydrogen-bond donors (Lipinski definition) is 0. The quantitative estimate of drug-likeness (QED) is 0.429.